The van der Waals surface area contributed by atoms with Crippen molar-refractivity contribution in [3.8, 4) is 6.07 Å². The quantitative estimate of drug-likeness (QED) is 0.575. The van der Waals surface area contributed by atoms with E-state index in [4.69, 9.17) is 5.26 Å². The predicted octanol–water partition coefficient (Wildman–Crippen LogP) is 3.51. The molecule has 0 radical (unpaired) electrons. The molecule has 0 saturated carbocycles. The highest BCUT2D eigenvalue weighted by atomic mass is 127. The average molecular weight is 348 g/mol. The van der Waals surface area contributed by atoms with Crippen molar-refractivity contribution in [3.05, 3.63) is 26.6 Å². The summed E-state index contributed by atoms with van der Waals surface area (Å²) in [5, 5.41) is 8.53. The molecule has 0 aromatic carbocycles. The van der Waals surface area contributed by atoms with Gasteiger partial charge >= 0.3 is 6.18 Å². The van der Waals surface area contributed by atoms with Gasteiger partial charge in [-0.3, -0.25) is 0 Å². The molecule has 0 aliphatic rings. The first-order chi connectivity index (χ1) is 7.29. The van der Waals surface area contributed by atoms with E-state index in [1.54, 1.807) is 0 Å². The molecule has 1 heterocycles. The topological polar surface area (TPSA) is 36.7 Å². The van der Waals surface area contributed by atoms with Gasteiger partial charge in [0.1, 0.15) is 6.07 Å². The van der Waals surface area contributed by atoms with Gasteiger partial charge in [-0.25, -0.2) is 13.8 Å². The van der Waals surface area contributed by atoms with Crippen LogP contribution >= 0.6 is 22.6 Å². The molecule has 1 aromatic heterocycles. The zero-order chi connectivity index (χ0) is 12.5. The molecule has 86 valence electrons. The summed E-state index contributed by atoms with van der Waals surface area (Å²) in [6.45, 7) is 0. The lowest BCUT2D eigenvalue weighted by Crippen LogP contribution is -2.13. The van der Waals surface area contributed by atoms with E-state index in [0.717, 1.165) is 0 Å². The molecule has 1 aromatic rings. The summed E-state index contributed by atoms with van der Waals surface area (Å²) in [4.78, 5) is 2.87. The Morgan fingerprint density at radius 2 is 1.94 bits per heavy atom. The van der Waals surface area contributed by atoms with Gasteiger partial charge < -0.3 is 0 Å². The second-order valence-corrected chi connectivity index (χ2v) is 3.74. The van der Waals surface area contributed by atoms with Gasteiger partial charge in [-0.15, -0.1) is 0 Å². The largest absolute Gasteiger partial charge is 0.434 e. The summed E-state index contributed by atoms with van der Waals surface area (Å²) in [5.74, 6) is 0. The molecule has 1 rings (SSSR count). The molecule has 0 atom stereocenters. The van der Waals surface area contributed by atoms with Crippen molar-refractivity contribution in [2.24, 2.45) is 0 Å². The average Bonchev–Trinajstić information content (AvgIpc) is 2.15. The van der Waals surface area contributed by atoms with E-state index in [0.29, 0.717) is 6.20 Å². The van der Waals surface area contributed by atoms with Crippen molar-refractivity contribution >= 4 is 22.6 Å². The van der Waals surface area contributed by atoms with Crippen LogP contribution in [0.25, 0.3) is 0 Å². The number of hydrogen-bond donors (Lipinski definition) is 0. The Labute approximate surface area is 100 Å². The third kappa shape index (κ3) is 2.40. The van der Waals surface area contributed by atoms with Crippen LogP contribution in [0.4, 0.5) is 22.0 Å². The maximum absolute atomic E-state index is 12.3. The Morgan fingerprint density at radius 1 is 1.38 bits per heavy atom. The van der Waals surface area contributed by atoms with Crippen molar-refractivity contribution in [2.75, 3.05) is 0 Å². The molecule has 0 aliphatic heterocycles. The van der Waals surface area contributed by atoms with Crippen molar-refractivity contribution in [1.82, 2.24) is 4.98 Å². The summed E-state index contributed by atoms with van der Waals surface area (Å²) in [6, 6.07) is 1.24. The van der Waals surface area contributed by atoms with Crippen LogP contribution in [-0.2, 0) is 6.18 Å². The van der Waals surface area contributed by atoms with E-state index in [9.17, 15) is 22.0 Å². The van der Waals surface area contributed by atoms with E-state index in [1.807, 2.05) is 0 Å². The number of rotatable bonds is 1. The van der Waals surface area contributed by atoms with Gasteiger partial charge in [0.25, 0.3) is 6.43 Å². The van der Waals surface area contributed by atoms with Crippen molar-refractivity contribution in [1.29, 1.82) is 5.26 Å². The van der Waals surface area contributed by atoms with Crippen LogP contribution in [-0.4, -0.2) is 4.98 Å². The molecular weight excluding hydrogens is 346 g/mol. The maximum atomic E-state index is 12.3. The van der Waals surface area contributed by atoms with Gasteiger partial charge in [-0.2, -0.15) is 18.4 Å². The minimum Gasteiger partial charge on any atom is -0.250 e. The zero-order valence-corrected chi connectivity index (χ0v) is 9.47. The molecule has 0 saturated heterocycles. The van der Waals surface area contributed by atoms with Gasteiger partial charge in [0.15, 0.2) is 5.69 Å². The van der Waals surface area contributed by atoms with Gasteiger partial charge in [0, 0.05) is 9.77 Å². The van der Waals surface area contributed by atoms with E-state index in [2.05, 4.69) is 4.98 Å². The van der Waals surface area contributed by atoms with Crippen LogP contribution in [0.15, 0.2) is 6.20 Å². The fraction of sp³-hybridized carbons (Fsp3) is 0.250. The zero-order valence-electron chi connectivity index (χ0n) is 7.32. The normalized spacial score (nSPS) is 11.6. The highest BCUT2D eigenvalue weighted by Gasteiger charge is 2.37. The molecule has 0 fully saturated rings. The first-order valence-electron chi connectivity index (χ1n) is 3.73. The minimum absolute atomic E-state index is 0.419. The van der Waals surface area contributed by atoms with E-state index >= 15 is 0 Å². The van der Waals surface area contributed by atoms with Crippen molar-refractivity contribution < 1.29 is 22.0 Å². The van der Waals surface area contributed by atoms with Gasteiger partial charge in [0.05, 0.1) is 11.1 Å². The fourth-order valence-corrected chi connectivity index (χ4v) is 1.72. The molecule has 0 unspecified atom stereocenters. The molecule has 0 spiro atoms. The molecule has 2 nitrogen and oxygen atoms in total. The highest BCUT2D eigenvalue weighted by Crippen LogP contribution is 2.35. The third-order valence-corrected chi connectivity index (χ3v) is 2.82. The van der Waals surface area contributed by atoms with Crippen molar-refractivity contribution in [3.63, 3.8) is 0 Å². The lowest BCUT2D eigenvalue weighted by molar-refractivity contribution is -0.141. The van der Waals surface area contributed by atoms with Crippen molar-refractivity contribution in [2.45, 2.75) is 12.6 Å². The van der Waals surface area contributed by atoms with Gasteiger partial charge in [-0.1, -0.05) is 0 Å². The summed E-state index contributed by atoms with van der Waals surface area (Å²) < 4.78 is 61.3. The Kier molecular flexibility index (Phi) is 3.67. The third-order valence-electron chi connectivity index (χ3n) is 1.66. The summed E-state index contributed by atoms with van der Waals surface area (Å²) in [6.07, 6.45) is -7.35. The lowest BCUT2D eigenvalue weighted by Gasteiger charge is -2.11. The second kappa shape index (κ2) is 4.48. The van der Waals surface area contributed by atoms with Crippen LogP contribution in [0, 0.1) is 14.9 Å². The summed E-state index contributed by atoms with van der Waals surface area (Å²) in [7, 11) is 0. The van der Waals surface area contributed by atoms with Crippen LogP contribution < -0.4 is 0 Å². The number of alkyl halides is 5. The molecular formula is C8H2F5IN2. The Balaban J connectivity index is 3.49. The van der Waals surface area contributed by atoms with Crippen LogP contribution in [0.1, 0.15) is 23.2 Å². The summed E-state index contributed by atoms with van der Waals surface area (Å²) in [5.41, 5.74) is -2.99. The van der Waals surface area contributed by atoms with E-state index in [-0.39, 0.29) is 0 Å². The van der Waals surface area contributed by atoms with E-state index in [1.165, 1.54) is 28.7 Å². The predicted molar refractivity (Wildman–Crippen MR) is 51.6 cm³/mol. The molecule has 8 heteroatoms. The number of pyridine rings is 1. The fourth-order valence-electron chi connectivity index (χ4n) is 0.973. The monoisotopic (exact) mass is 348 g/mol. The Morgan fingerprint density at radius 3 is 2.31 bits per heavy atom. The molecule has 16 heavy (non-hydrogen) atoms. The number of aromatic nitrogens is 1. The molecule has 0 aliphatic carbocycles. The van der Waals surface area contributed by atoms with E-state index < -0.39 is 33.0 Å². The van der Waals surface area contributed by atoms with Crippen LogP contribution in [0.3, 0.4) is 0 Å². The van der Waals surface area contributed by atoms with Gasteiger partial charge in [0.2, 0.25) is 0 Å². The molecule has 0 N–H and O–H groups in total. The SMILES string of the molecule is N#Cc1c(C(F)(F)F)ncc(C(F)F)c1I. The number of halogens is 6. The number of nitrogens with zero attached hydrogens (tertiary/aromatic N) is 2. The van der Waals surface area contributed by atoms with Crippen LogP contribution in [0.5, 0.6) is 0 Å². The maximum Gasteiger partial charge on any atom is 0.434 e. The first-order valence-corrected chi connectivity index (χ1v) is 4.80. The standard InChI is InChI=1S/C8H2F5IN2/c9-7(10)4-2-16-6(8(11,12)13)3(1-15)5(4)14/h2,7H. The molecule has 0 amide bonds. The lowest BCUT2D eigenvalue weighted by atomic mass is 10.1. The summed E-state index contributed by atoms with van der Waals surface area (Å²) >= 11 is 1.28. The number of hydrogen-bond acceptors (Lipinski definition) is 2. The molecule has 0 bridgehead atoms. The second-order valence-electron chi connectivity index (χ2n) is 2.66. The smallest absolute Gasteiger partial charge is 0.250 e. The minimum atomic E-state index is -4.83. The highest BCUT2D eigenvalue weighted by molar-refractivity contribution is 14.1. The van der Waals surface area contributed by atoms with Gasteiger partial charge in [-0.05, 0) is 22.6 Å². The Hall–Kier alpha value is -0.980. The first kappa shape index (κ1) is 13.1. The van der Waals surface area contributed by atoms with Crippen LogP contribution in [0.2, 0.25) is 0 Å². The Bertz CT molecular complexity index is 449. The number of nitriles is 1.